The van der Waals surface area contributed by atoms with Crippen LogP contribution in [-0.4, -0.2) is 33.9 Å². The van der Waals surface area contributed by atoms with E-state index in [1.54, 1.807) is 12.4 Å². The smallest absolute Gasteiger partial charge is 0.276 e. The minimum Gasteiger partial charge on any atom is -0.313 e. The van der Waals surface area contributed by atoms with Crippen LogP contribution in [0.1, 0.15) is 21.7 Å². The van der Waals surface area contributed by atoms with Gasteiger partial charge in [-0.3, -0.25) is 15.1 Å². The van der Waals surface area contributed by atoms with E-state index in [4.69, 9.17) is 11.6 Å². The number of rotatable bonds is 1. The highest BCUT2D eigenvalue weighted by Crippen LogP contribution is 2.38. The van der Waals surface area contributed by atoms with Crippen LogP contribution in [0.5, 0.6) is 0 Å². The van der Waals surface area contributed by atoms with Crippen molar-refractivity contribution in [3.8, 4) is 0 Å². The lowest BCUT2D eigenvalue weighted by Gasteiger charge is -2.42. The first-order valence-corrected chi connectivity index (χ1v) is 7.21. The van der Waals surface area contributed by atoms with Crippen molar-refractivity contribution < 1.29 is 4.79 Å². The molecular formula is C15H13ClN4O. The van der Waals surface area contributed by atoms with E-state index in [0.717, 1.165) is 17.8 Å². The van der Waals surface area contributed by atoms with E-state index in [0.29, 0.717) is 23.7 Å². The molecule has 0 radical (unpaired) electrons. The first kappa shape index (κ1) is 12.7. The summed E-state index contributed by atoms with van der Waals surface area (Å²) in [7, 11) is 0. The highest BCUT2D eigenvalue weighted by molar-refractivity contribution is 6.30. The molecule has 1 amide bonds. The third kappa shape index (κ3) is 1.78. The molecule has 0 bridgehead atoms. The van der Waals surface area contributed by atoms with Gasteiger partial charge in [-0.15, -0.1) is 0 Å². The van der Waals surface area contributed by atoms with Crippen molar-refractivity contribution in [3.05, 3.63) is 58.6 Å². The molecule has 0 spiro atoms. The molecular weight excluding hydrogens is 288 g/mol. The largest absolute Gasteiger partial charge is 0.313 e. The van der Waals surface area contributed by atoms with Gasteiger partial charge in [0.25, 0.3) is 5.91 Å². The van der Waals surface area contributed by atoms with Crippen molar-refractivity contribution in [2.75, 3.05) is 13.1 Å². The molecule has 1 saturated heterocycles. The van der Waals surface area contributed by atoms with Crippen LogP contribution < -0.4 is 5.32 Å². The number of benzene rings is 1. The summed E-state index contributed by atoms with van der Waals surface area (Å²) in [6.45, 7) is 1.42. The van der Waals surface area contributed by atoms with Gasteiger partial charge < -0.3 is 4.90 Å². The van der Waals surface area contributed by atoms with Crippen molar-refractivity contribution in [2.24, 2.45) is 0 Å². The van der Waals surface area contributed by atoms with E-state index >= 15 is 0 Å². The summed E-state index contributed by atoms with van der Waals surface area (Å²) in [5.41, 5.74) is 1.69. The molecule has 1 N–H and O–H groups in total. The number of nitrogens with one attached hydrogen (secondary N) is 1. The maximum absolute atomic E-state index is 12.7. The summed E-state index contributed by atoms with van der Waals surface area (Å²) in [6, 6.07) is 7.62. The number of amides is 1. The zero-order chi connectivity index (χ0) is 14.4. The van der Waals surface area contributed by atoms with Crippen LogP contribution in [0, 0.1) is 0 Å². The summed E-state index contributed by atoms with van der Waals surface area (Å²) < 4.78 is 0. The number of nitrogens with zero attached hydrogens (tertiary/aromatic N) is 3. The fourth-order valence-electron chi connectivity index (χ4n) is 3.22. The molecule has 0 aliphatic carbocycles. The Labute approximate surface area is 127 Å². The van der Waals surface area contributed by atoms with E-state index in [-0.39, 0.29) is 5.91 Å². The van der Waals surface area contributed by atoms with Crippen LogP contribution in [0.4, 0.5) is 0 Å². The number of hydrogen-bond acceptors (Lipinski definition) is 4. The van der Waals surface area contributed by atoms with Crippen LogP contribution in [0.2, 0.25) is 5.02 Å². The molecule has 1 aromatic carbocycles. The lowest BCUT2D eigenvalue weighted by molar-refractivity contribution is 0.0489. The first-order valence-electron chi connectivity index (χ1n) is 6.84. The lowest BCUT2D eigenvalue weighted by Crippen LogP contribution is -2.56. The zero-order valence-corrected chi connectivity index (χ0v) is 12.0. The minimum atomic E-state index is -0.537. The monoisotopic (exact) mass is 300 g/mol. The molecule has 4 rings (SSSR count). The highest BCUT2D eigenvalue weighted by atomic mass is 35.5. The van der Waals surface area contributed by atoms with Crippen LogP contribution in [0.3, 0.4) is 0 Å². The normalized spacial score (nSPS) is 23.9. The van der Waals surface area contributed by atoms with Gasteiger partial charge in [-0.1, -0.05) is 23.7 Å². The van der Waals surface area contributed by atoms with Gasteiger partial charge in [0.05, 0.1) is 5.69 Å². The minimum absolute atomic E-state index is 0.0655. The quantitative estimate of drug-likeness (QED) is 0.869. The molecule has 2 aliphatic rings. The fraction of sp³-hybridized carbons (Fsp3) is 0.267. The zero-order valence-electron chi connectivity index (χ0n) is 11.2. The van der Waals surface area contributed by atoms with Crippen molar-refractivity contribution in [1.82, 2.24) is 20.2 Å². The fourth-order valence-corrected chi connectivity index (χ4v) is 3.35. The second-order valence-corrected chi connectivity index (χ2v) is 5.72. The lowest BCUT2D eigenvalue weighted by atomic mass is 9.89. The van der Waals surface area contributed by atoms with E-state index in [1.165, 1.54) is 0 Å². The number of carbonyl (C=O) groups excluding carboxylic acids is 1. The summed E-state index contributed by atoms with van der Waals surface area (Å²) in [6.07, 6.45) is 3.81. The van der Waals surface area contributed by atoms with E-state index in [1.807, 2.05) is 29.2 Å². The molecule has 2 aliphatic heterocycles. The molecule has 2 aromatic rings. The number of hydrogen-bond donors (Lipinski definition) is 1. The Bertz CT molecular complexity index is 718. The SMILES string of the molecule is O=C1c2nccnc2CC2(c3ccc(Cl)cc3)NCCN12. The van der Waals surface area contributed by atoms with Gasteiger partial charge in [-0.25, -0.2) is 4.98 Å². The number of aromatic nitrogens is 2. The van der Waals surface area contributed by atoms with Crippen LogP contribution in [-0.2, 0) is 12.1 Å². The van der Waals surface area contributed by atoms with Gasteiger partial charge >= 0.3 is 0 Å². The van der Waals surface area contributed by atoms with Gasteiger partial charge in [0.1, 0.15) is 11.4 Å². The Balaban J connectivity index is 1.88. The average Bonchev–Trinajstić information content (AvgIpc) is 2.93. The predicted molar refractivity (Wildman–Crippen MR) is 77.9 cm³/mol. The second kappa shape index (κ2) is 4.51. The van der Waals surface area contributed by atoms with Gasteiger partial charge in [-0.05, 0) is 17.7 Å². The third-order valence-corrected chi connectivity index (χ3v) is 4.43. The molecule has 6 heteroatoms. The van der Waals surface area contributed by atoms with Crippen molar-refractivity contribution in [3.63, 3.8) is 0 Å². The first-order chi connectivity index (χ1) is 10.2. The van der Waals surface area contributed by atoms with Crippen LogP contribution >= 0.6 is 11.6 Å². The Kier molecular flexibility index (Phi) is 2.74. The van der Waals surface area contributed by atoms with Crippen LogP contribution in [0.15, 0.2) is 36.7 Å². The Hall–Kier alpha value is -1.98. The van der Waals surface area contributed by atoms with Gasteiger partial charge in [0.2, 0.25) is 0 Å². The molecule has 5 nitrogen and oxygen atoms in total. The van der Waals surface area contributed by atoms with E-state index in [2.05, 4.69) is 15.3 Å². The van der Waals surface area contributed by atoms with Crippen molar-refractivity contribution in [1.29, 1.82) is 0 Å². The number of carbonyl (C=O) groups is 1. The van der Waals surface area contributed by atoms with Gasteiger partial charge in [0.15, 0.2) is 0 Å². The number of halogens is 1. The molecule has 3 heterocycles. The Morgan fingerprint density at radius 3 is 2.76 bits per heavy atom. The third-order valence-electron chi connectivity index (χ3n) is 4.18. The summed E-state index contributed by atoms with van der Waals surface area (Å²) >= 11 is 5.98. The molecule has 1 atom stereocenters. The summed E-state index contributed by atoms with van der Waals surface area (Å²) in [5.74, 6) is -0.0655. The molecule has 21 heavy (non-hydrogen) atoms. The topological polar surface area (TPSA) is 58.1 Å². The predicted octanol–water partition coefficient (Wildman–Crippen LogP) is 1.58. The Morgan fingerprint density at radius 1 is 1.19 bits per heavy atom. The standard InChI is InChI=1S/C15H13ClN4O/c16-11-3-1-10(2-4-11)15-9-12-13(18-6-5-17-12)14(21)20(15)8-7-19-15/h1-6,19H,7-9H2. The molecule has 0 saturated carbocycles. The Morgan fingerprint density at radius 2 is 1.95 bits per heavy atom. The average molecular weight is 301 g/mol. The maximum Gasteiger partial charge on any atom is 0.276 e. The van der Waals surface area contributed by atoms with E-state index in [9.17, 15) is 4.79 Å². The number of fused-ring (bicyclic) bond motifs is 2. The summed E-state index contributed by atoms with van der Waals surface area (Å²) in [5, 5.41) is 4.16. The van der Waals surface area contributed by atoms with Crippen LogP contribution in [0.25, 0.3) is 0 Å². The molecule has 1 fully saturated rings. The van der Waals surface area contributed by atoms with E-state index < -0.39 is 5.66 Å². The highest BCUT2D eigenvalue weighted by Gasteiger charge is 2.50. The van der Waals surface area contributed by atoms with Gasteiger partial charge in [0, 0.05) is 36.9 Å². The van der Waals surface area contributed by atoms with Crippen molar-refractivity contribution >= 4 is 17.5 Å². The molecule has 1 aromatic heterocycles. The summed E-state index contributed by atoms with van der Waals surface area (Å²) in [4.78, 5) is 23.1. The molecule has 1 unspecified atom stereocenters. The van der Waals surface area contributed by atoms with Gasteiger partial charge in [-0.2, -0.15) is 0 Å². The van der Waals surface area contributed by atoms with Crippen molar-refractivity contribution in [2.45, 2.75) is 12.1 Å². The second-order valence-electron chi connectivity index (χ2n) is 5.28. The molecule has 106 valence electrons. The maximum atomic E-state index is 12.7.